The monoisotopic (exact) mass is 199 g/mol. The molecule has 0 spiro atoms. The van der Waals surface area contributed by atoms with Crippen molar-refractivity contribution in [2.45, 2.75) is 13.3 Å². The topological polar surface area (TPSA) is 54.9 Å². The average molecular weight is 200 g/mol. The first-order chi connectivity index (χ1) is 6.25. The molecular formula is C8H10ClN3O. The van der Waals surface area contributed by atoms with E-state index in [0.717, 1.165) is 6.42 Å². The number of nitrogens with one attached hydrogen (secondary N) is 1. The Morgan fingerprint density at radius 1 is 1.69 bits per heavy atom. The van der Waals surface area contributed by atoms with Gasteiger partial charge >= 0.3 is 0 Å². The highest BCUT2D eigenvalue weighted by molar-refractivity contribution is 6.33. The van der Waals surface area contributed by atoms with Gasteiger partial charge in [-0.05, 0) is 6.42 Å². The molecule has 0 aliphatic heterocycles. The van der Waals surface area contributed by atoms with Crippen molar-refractivity contribution in [2.24, 2.45) is 0 Å². The summed E-state index contributed by atoms with van der Waals surface area (Å²) in [6.45, 7) is 2.60. The highest BCUT2D eigenvalue weighted by Crippen LogP contribution is 2.09. The first-order valence-corrected chi connectivity index (χ1v) is 4.37. The second-order valence-electron chi connectivity index (χ2n) is 2.48. The molecule has 0 aromatic carbocycles. The summed E-state index contributed by atoms with van der Waals surface area (Å²) in [6.07, 6.45) is 3.58. The highest BCUT2D eigenvalue weighted by atomic mass is 35.5. The van der Waals surface area contributed by atoms with E-state index in [0.29, 0.717) is 6.54 Å². The molecule has 0 bridgehead atoms. The number of aromatic nitrogens is 2. The van der Waals surface area contributed by atoms with Crippen LogP contribution in [0, 0.1) is 0 Å². The Hall–Kier alpha value is -1.16. The first kappa shape index (κ1) is 9.92. The van der Waals surface area contributed by atoms with E-state index in [1.165, 1.54) is 12.5 Å². The summed E-state index contributed by atoms with van der Waals surface area (Å²) in [5.41, 5.74) is 0.227. The minimum atomic E-state index is -0.255. The summed E-state index contributed by atoms with van der Waals surface area (Å²) in [6, 6.07) is 0. The average Bonchev–Trinajstić information content (AvgIpc) is 2.15. The third-order valence-corrected chi connectivity index (χ3v) is 1.69. The van der Waals surface area contributed by atoms with Crippen molar-refractivity contribution in [1.29, 1.82) is 0 Å². The van der Waals surface area contributed by atoms with Crippen LogP contribution < -0.4 is 5.32 Å². The van der Waals surface area contributed by atoms with Crippen molar-refractivity contribution in [3.8, 4) is 0 Å². The summed E-state index contributed by atoms with van der Waals surface area (Å²) in [7, 11) is 0. The molecule has 0 unspecified atom stereocenters. The molecule has 0 aliphatic rings. The number of halogens is 1. The van der Waals surface area contributed by atoms with Crippen molar-refractivity contribution in [1.82, 2.24) is 15.3 Å². The molecule has 0 saturated carbocycles. The lowest BCUT2D eigenvalue weighted by Crippen LogP contribution is -2.25. The van der Waals surface area contributed by atoms with Crippen LogP contribution in [0.2, 0.25) is 5.02 Å². The summed E-state index contributed by atoms with van der Waals surface area (Å²) in [4.78, 5) is 18.8. The quantitative estimate of drug-likeness (QED) is 0.798. The Morgan fingerprint density at radius 2 is 2.46 bits per heavy atom. The molecule has 0 radical (unpaired) electrons. The zero-order valence-electron chi connectivity index (χ0n) is 7.25. The van der Waals surface area contributed by atoms with Gasteiger partial charge in [-0.2, -0.15) is 0 Å². The maximum Gasteiger partial charge on any atom is 0.271 e. The lowest BCUT2D eigenvalue weighted by Gasteiger charge is -2.02. The maximum atomic E-state index is 11.3. The second kappa shape index (κ2) is 4.77. The van der Waals surface area contributed by atoms with Crippen LogP contribution in [0.25, 0.3) is 0 Å². The fourth-order valence-electron chi connectivity index (χ4n) is 0.802. The molecule has 0 fully saturated rings. The number of hydrogen-bond donors (Lipinski definition) is 1. The number of amides is 1. The van der Waals surface area contributed by atoms with Gasteiger partial charge in [-0.25, -0.2) is 9.97 Å². The van der Waals surface area contributed by atoms with Crippen molar-refractivity contribution < 1.29 is 4.79 Å². The van der Waals surface area contributed by atoms with Gasteiger partial charge in [0, 0.05) is 12.7 Å². The Kier molecular flexibility index (Phi) is 3.64. The predicted molar refractivity (Wildman–Crippen MR) is 49.7 cm³/mol. The Labute approximate surface area is 81.3 Å². The van der Waals surface area contributed by atoms with Crippen LogP contribution in [0.5, 0.6) is 0 Å². The van der Waals surface area contributed by atoms with Crippen molar-refractivity contribution in [2.75, 3.05) is 6.54 Å². The molecule has 5 heteroatoms. The van der Waals surface area contributed by atoms with Crippen molar-refractivity contribution in [3.05, 3.63) is 23.2 Å². The van der Waals surface area contributed by atoms with Gasteiger partial charge in [0.15, 0.2) is 0 Å². The third kappa shape index (κ3) is 2.66. The molecule has 0 atom stereocenters. The summed E-state index contributed by atoms with van der Waals surface area (Å²) in [5, 5.41) is 2.95. The smallest absolute Gasteiger partial charge is 0.271 e. The second-order valence-corrected chi connectivity index (χ2v) is 2.88. The summed E-state index contributed by atoms with van der Waals surface area (Å²) >= 11 is 5.71. The summed E-state index contributed by atoms with van der Waals surface area (Å²) in [5.74, 6) is -0.255. The van der Waals surface area contributed by atoms with Gasteiger partial charge in [-0.3, -0.25) is 4.79 Å². The standard InChI is InChI=1S/C8H10ClN3O/c1-2-3-11-8(13)7-6(9)4-10-5-12-7/h4-5H,2-3H2,1H3,(H,11,13). The first-order valence-electron chi connectivity index (χ1n) is 3.99. The molecule has 70 valence electrons. The number of carbonyl (C=O) groups excluding carboxylic acids is 1. The van der Waals surface area contributed by atoms with Crippen LogP contribution in [-0.4, -0.2) is 22.4 Å². The Bertz CT molecular complexity index is 303. The molecule has 4 nitrogen and oxygen atoms in total. The molecule has 0 saturated heterocycles. The van der Waals surface area contributed by atoms with E-state index in [9.17, 15) is 4.79 Å². The molecule has 13 heavy (non-hydrogen) atoms. The van der Waals surface area contributed by atoms with Gasteiger partial charge in [-0.1, -0.05) is 18.5 Å². The normalized spacial score (nSPS) is 9.69. The molecule has 1 rings (SSSR count). The number of carbonyl (C=O) groups is 1. The molecule has 1 N–H and O–H groups in total. The van der Waals surface area contributed by atoms with Crippen LogP contribution in [0.4, 0.5) is 0 Å². The van der Waals surface area contributed by atoms with Gasteiger partial charge in [0.1, 0.15) is 12.0 Å². The fourth-order valence-corrected chi connectivity index (χ4v) is 0.993. The number of hydrogen-bond acceptors (Lipinski definition) is 3. The molecular weight excluding hydrogens is 190 g/mol. The lowest BCUT2D eigenvalue weighted by molar-refractivity contribution is 0.0948. The van der Waals surface area contributed by atoms with E-state index in [4.69, 9.17) is 11.6 Å². The van der Waals surface area contributed by atoms with Gasteiger partial charge < -0.3 is 5.32 Å². The van der Waals surface area contributed by atoms with Crippen molar-refractivity contribution in [3.63, 3.8) is 0 Å². The molecule has 1 aromatic heterocycles. The van der Waals surface area contributed by atoms with E-state index in [1.54, 1.807) is 0 Å². The Balaban J connectivity index is 2.71. The molecule has 1 aromatic rings. The minimum absolute atomic E-state index is 0.227. The number of nitrogens with zero attached hydrogens (tertiary/aromatic N) is 2. The highest BCUT2D eigenvalue weighted by Gasteiger charge is 2.09. The van der Waals surface area contributed by atoms with Gasteiger partial charge in [0.25, 0.3) is 5.91 Å². The SMILES string of the molecule is CCCNC(=O)c1ncncc1Cl. The molecule has 1 heterocycles. The van der Waals surface area contributed by atoms with Gasteiger partial charge in [0.05, 0.1) is 5.02 Å². The van der Waals surface area contributed by atoms with Gasteiger partial charge in [0.2, 0.25) is 0 Å². The fraction of sp³-hybridized carbons (Fsp3) is 0.375. The van der Waals surface area contributed by atoms with Gasteiger partial charge in [-0.15, -0.1) is 0 Å². The van der Waals surface area contributed by atoms with Crippen LogP contribution in [0.1, 0.15) is 23.8 Å². The lowest BCUT2D eigenvalue weighted by atomic mass is 10.3. The van der Waals surface area contributed by atoms with E-state index in [1.807, 2.05) is 6.92 Å². The van der Waals surface area contributed by atoms with E-state index < -0.39 is 0 Å². The predicted octanol–water partition coefficient (Wildman–Crippen LogP) is 1.27. The van der Waals surface area contributed by atoms with Crippen molar-refractivity contribution >= 4 is 17.5 Å². The van der Waals surface area contributed by atoms with Crippen LogP contribution >= 0.6 is 11.6 Å². The zero-order chi connectivity index (χ0) is 9.68. The maximum absolute atomic E-state index is 11.3. The molecule has 0 aliphatic carbocycles. The minimum Gasteiger partial charge on any atom is -0.351 e. The van der Waals surface area contributed by atoms with E-state index >= 15 is 0 Å². The Morgan fingerprint density at radius 3 is 3.08 bits per heavy atom. The summed E-state index contributed by atoms with van der Waals surface area (Å²) < 4.78 is 0. The van der Waals surface area contributed by atoms with Crippen LogP contribution in [0.15, 0.2) is 12.5 Å². The number of rotatable bonds is 3. The largest absolute Gasteiger partial charge is 0.351 e. The zero-order valence-corrected chi connectivity index (χ0v) is 8.01. The van der Waals surface area contributed by atoms with E-state index in [2.05, 4.69) is 15.3 Å². The van der Waals surface area contributed by atoms with Crippen LogP contribution in [0.3, 0.4) is 0 Å². The van der Waals surface area contributed by atoms with Crippen LogP contribution in [-0.2, 0) is 0 Å². The van der Waals surface area contributed by atoms with E-state index in [-0.39, 0.29) is 16.6 Å². The molecule has 1 amide bonds. The third-order valence-electron chi connectivity index (χ3n) is 1.42.